The largest absolute Gasteiger partial charge is 0.458 e. The topological polar surface area (TPSA) is 66.8 Å². The zero-order valence-corrected chi connectivity index (χ0v) is 9.63. The van der Waals surface area contributed by atoms with Crippen LogP contribution >= 0.6 is 0 Å². The molecule has 3 atom stereocenters. The van der Waals surface area contributed by atoms with Crippen molar-refractivity contribution in [3.8, 4) is 0 Å². The summed E-state index contributed by atoms with van der Waals surface area (Å²) in [6, 6.07) is 0. The van der Waals surface area contributed by atoms with Crippen LogP contribution in [0.25, 0.3) is 0 Å². The molecule has 0 aromatic heterocycles. The summed E-state index contributed by atoms with van der Waals surface area (Å²) in [6.45, 7) is 1.96. The van der Waals surface area contributed by atoms with Crippen LogP contribution in [0.15, 0.2) is 12.2 Å². The van der Waals surface area contributed by atoms with Crippen LogP contribution in [-0.2, 0) is 9.53 Å². The molecule has 0 saturated carbocycles. The molecule has 1 heterocycles. The Hall–Kier alpha value is -0.870. The van der Waals surface area contributed by atoms with Crippen LogP contribution in [0.2, 0.25) is 0 Å². The Kier molecular flexibility index (Phi) is 5.49. The summed E-state index contributed by atoms with van der Waals surface area (Å²) in [5, 5.41) is 19.3. The van der Waals surface area contributed by atoms with E-state index in [-0.39, 0.29) is 0 Å². The monoisotopic (exact) mass is 228 g/mol. The molecule has 0 fully saturated rings. The maximum absolute atomic E-state index is 11.5. The third-order valence-electron chi connectivity index (χ3n) is 2.69. The van der Waals surface area contributed by atoms with E-state index in [0.29, 0.717) is 25.7 Å². The first-order chi connectivity index (χ1) is 7.65. The van der Waals surface area contributed by atoms with Crippen molar-refractivity contribution in [3.63, 3.8) is 0 Å². The predicted octanol–water partition coefficient (Wildman–Crippen LogP) is 1.16. The highest BCUT2D eigenvalue weighted by atomic mass is 16.6. The average Bonchev–Trinajstić information content (AvgIpc) is 2.26. The number of esters is 1. The van der Waals surface area contributed by atoms with Crippen molar-refractivity contribution < 1.29 is 19.7 Å². The van der Waals surface area contributed by atoms with E-state index in [1.165, 1.54) is 0 Å². The minimum Gasteiger partial charge on any atom is -0.458 e. The molecule has 16 heavy (non-hydrogen) atoms. The molecule has 0 aromatic rings. The summed E-state index contributed by atoms with van der Waals surface area (Å²) in [5.74, 6) is -0.618. The summed E-state index contributed by atoms with van der Waals surface area (Å²) in [5.41, 5.74) is 0. The highest BCUT2D eigenvalue weighted by Gasteiger charge is 2.25. The molecule has 0 radical (unpaired) electrons. The van der Waals surface area contributed by atoms with Gasteiger partial charge in [-0.05, 0) is 25.7 Å². The number of cyclic esters (lactones) is 1. The lowest BCUT2D eigenvalue weighted by atomic mass is 10.0. The first-order valence-electron chi connectivity index (χ1n) is 5.86. The lowest BCUT2D eigenvalue weighted by Gasteiger charge is -2.24. The van der Waals surface area contributed by atoms with Gasteiger partial charge in [0.15, 0.2) is 6.10 Å². The second-order valence-corrected chi connectivity index (χ2v) is 4.13. The Labute approximate surface area is 95.9 Å². The molecule has 0 aliphatic carbocycles. The van der Waals surface area contributed by atoms with Gasteiger partial charge in [-0.25, -0.2) is 4.79 Å². The van der Waals surface area contributed by atoms with Gasteiger partial charge in [-0.1, -0.05) is 25.5 Å². The van der Waals surface area contributed by atoms with E-state index < -0.39 is 24.3 Å². The van der Waals surface area contributed by atoms with Gasteiger partial charge in [-0.3, -0.25) is 0 Å². The molecule has 0 spiro atoms. The van der Waals surface area contributed by atoms with Gasteiger partial charge in [0.05, 0.1) is 6.10 Å². The van der Waals surface area contributed by atoms with Gasteiger partial charge < -0.3 is 14.9 Å². The maximum atomic E-state index is 11.5. The lowest BCUT2D eigenvalue weighted by Crippen LogP contribution is -2.35. The van der Waals surface area contributed by atoms with Crippen LogP contribution in [0.4, 0.5) is 0 Å². The van der Waals surface area contributed by atoms with E-state index in [0.717, 1.165) is 6.42 Å². The van der Waals surface area contributed by atoms with Crippen LogP contribution in [0.3, 0.4) is 0 Å². The van der Waals surface area contributed by atoms with Gasteiger partial charge in [0.1, 0.15) is 6.10 Å². The molecular weight excluding hydrogens is 208 g/mol. The summed E-state index contributed by atoms with van der Waals surface area (Å²) >= 11 is 0. The summed E-state index contributed by atoms with van der Waals surface area (Å²) < 4.78 is 5.12. The molecule has 4 nitrogen and oxygen atoms in total. The molecule has 1 aliphatic rings. The normalized spacial score (nSPS) is 34.2. The number of aliphatic hydroxyl groups is 2. The van der Waals surface area contributed by atoms with Crippen molar-refractivity contribution in [1.29, 1.82) is 0 Å². The number of ether oxygens (including phenoxy) is 1. The molecule has 1 rings (SSSR count). The molecule has 0 aromatic carbocycles. The number of hydrogen-bond donors (Lipinski definition) is 2. The fourth-order valence-corrected chi connectivity index (χ4v) is 1.72. The second-order valence-electron chi connectivity index (χ2n) is 4.13. The number of carbonyl (C=O) groups excluding carboxylic acids is 1. The van der Waals surface area contributed by atoms with E-state index in [2.05, 4.69) is 0 Å². The van der Waals surface area contributed by atoms with Crippen LogP contribution < -0.4 is 0 Å². The van der Waals surface area contributed by atoms with Gasteiger partial charge in [-0.15, -0.1) is 0 Å². The molecule has 0 bridgehead atoms. The van der Waals surface area contributed by atoms with Gasteiger partial charge in [0.2, 0.25) is 0 Å². The quantitative estimate of drug-likeness (QED) is 0.550. The molecule has 92 valence electrons. The zero-order chi connectivity index (χ0) is 12.0. The van der Waals surface area contributed by atoms with Gasteiger partial charge in [0.25, 0.3) is 0 Å². The van der Waals surface area contributed by atoms with Crippen molar-refractivity contribution in [3.05, 3.63) is 12.2 Å². The third-order valence-corrected chi connectivity index (χ3v) is 2.69. The van der Waals surface area contributed by atoms with Gasteiger partial charge in [0, 0.05) is 0 Å². The number of hydrogen-bond acceptors (Lipinski definition) is 4. The Morgan fingerprint density at radius 2 is 2.19 bits per heavy atom. The highest BCUT2D eigenvalue weighted by molar-refractivity contribution is 5.74. The first-order valence-corrected chi connectivity index (χ1v) is 5.86. The van der Waals surface area contributed by atoms with Crippen molar-refractivity contribution in [2.24, 2.45) is 0 Å². The summed E-state index contributed by atoms with van der Waals surface area (Å²) in [6.07, 6.45) is 4.45. The van der Waals surface area contributed by atoms with E-state index in [1.807, 2.05) is 19.1 Å². The Bertz CT molecular complexity index is 249. The lowest BCUT2D eigenvalue weighted by molar-refractivity contribution is -0.165. The molecule has 0 saturated heterocycles. The SMILES string of the molecule is CCC[C@H]1OC(=O)[C@H](O)CC/C=C/C[C@@H]1O. The smallest absolute Gasteiger partial charge is 0.335 e. The van der Waals surface area contributed by atoms with Crippen molar-refractivity contribution >= 4 is 5.97 Å². The number of carbonyl (C=O) groups is 1. The van der Waals surface area contributed by atoms with Crippen LogP contribution in [0.5, 0.6) is 0 Å². The van der Waals surface area contributed by atoms with Crippen molar-refractivity contribution in [1.82, 2.24) is 0 Å². The van der Waals surface area contributed by atoms with E-state index >= 15 is 0 Å². The Morgan fingerprint density at radius 3 is 2.88 bits per heavy atom. The Morgan fingerprint density at radius 1 is 1.44 bits per heavy atom. The van der Waals surface area contributed by atoms with Crippen molar-refractivity contribution in [2.45, 2.75) is 57.3 Å². The molecular formula is C12H20O4. The maximum Gasteiger partial charge on any atom is 0.335 e. The van der Waals surface area contributed by atoms with Crippen LogP contribution in [0.1, 0.15) is 39.0 Å². The molecule has 2 N–H and O–H groups in total. The fraction of sp³-hybridized carbons (Fsp3) is 0.750. The first kappa shape index (κ1) is 13.2. The molecule has 0 unspecified atom stereocenters. The number of rotatable bonds is 2. The van der Waals surface area contributed by atoms with E-state index in [1.54, 1.807) is 0 Å². The zero-order valence-electron chi connectivity index (χ0n) is 9.63. The third kappa shape index (κ3) is 3.94. The molecule has 1 aliphatic heterocycles. The van der Waals surface area contributed by atoms with Crippen molar-refractivity contribution in [2.75, 3.05) is 0 Å². The second kappa shape index (κ2) is 6.66. The fourth-order valence-electron chi connectivity index (χ4n) is 1.72. The predicted molar refractivity (Wildman–Crippen MR) is 59.8 cm³/mol. The molecule has 4 heteroatoms. The van der Waals surface area contributed by atoms with Gasteiger partial charge in [-0.2, -0.15) is 0 Å². The van der Waals surface area contributed by atoms with E-state index in [4.69, 9.17) is 4.74 Å². The average molecular weight is 228 g/mol. The van der Waals surface area contributed by atoms with Gasteiger partial charge >= 0.3 is 5.97 Å². The molecule has 0 amide bonds. The Balaban J connectivity index is 2.68. The van der Waals surface area contributed by atoms with Crippen LogP contribution in [-0.4, -0.2) is 34.5 Å². The minimum atomic E-state index is -1.07. The standard InChI is InChI=1S/C12H20O4/c1-2-6-11-9(13)7-4-3-5-8-10(14)12(15)16-11/h3-4,9-11,13-14H,2,5-8H2,1H3/b4-3+/t9-,10+,11+/m0/s1. The van der Waals surface area contributed by atoms with Crippen LogP contribution in [0, 0.1) is 0 Å². The number of aliphatic hydroxyl groups excluding tert-OH is 2. The number of allylic oxidation sites excluding steroid dienone is 1. The summed E-state index contributed by atoms with van der Waals surface area (Å²) in [7, 11) is 0. The minimum absolute atomic E-state index is 0.379. The highest BCUT2D eigenvalue weighted by Crippen LogP contribution is 2.15. The van der Waals surface area contributed by atoms with E-state index in [9.17, 15) is 15.0 Å². The summed E-state index contributed by atoms with van der Waals surface area (Å²) in [4.78, 5) is 11.5.